The molecule has 0 amide bonds. The van der Waals surface area contributed by atoms with Crippen LogP contribution < -0.4 is 0 Å². The standard InChI is InChI=1S/C13H22O2/c1-9-4-5-10-11(12(10,2)3)13(9)6-14-8-15-7-13/h9-11H,4-8H2,1-3H3. The van der Waals surface area contributed by atoms with E-state index in [2.05, 4.69) is 20.8 Å². The van der Waals surface area contributed by atoms with Gasteiger partial charge in [0.25, 0.3) is 0 Å². The largest absolute Gasteiger partial charge is 0.355 e. The van der Waals surface area contributed by atoms with E-state index in [0.717, 1.165) is 31.0 Å². The van der Waals surface area contributed by atoms with Crippen LogP contribution in [0.3, 0.4) is 0 Å². The second-order valence-corrected chi connectivity index (χ2v) is 6.43. The Morgan fingerprint density at radius 1 is 1.07 bits per heavy atom. The van der Waals surface area contributed by atoms with Crippen molar-refractivity contribution in [3.05, 3.63) is 0 Å². The first-order valence-corrected chi connectivity index (χ1v) is 6.24. The highest BCUT2D eigenvalue weighted by molar-refractivity contribution is 5.16. The second kappa shape index (κ2) is 2.98. The van der Waals surface area contributed by atoms with Gasteiger partial charge in [-0.25, -0.2) is 0 Å². The van der Waals surface area contributed by atoms with Crippen LogP contribution >= 0.6 is 0 Å². The number of rotatable bonds is 0. The van der Waals surface area contributed by atoms with Gasteiger partial charge in [0.1, 0.15) is 6.79 Å². The first-order valence-electron chi connectivity index (χ1n) is 6.24. The van der Waals surface area contributed by atoms with E-state index in [-0.39, 0.29) is 0 Å². The fourth-order valence-electron chi connectivity index (χ4n) is 4.48. The molecule has 1 aliphatic heterocycles. The summed E-state index contributed by atoms with van der Waals surface area (Å²) >= 11 is 0. The Kier molecular flexibility index (Phi) is 2.01. The van der Waals surface area contributed by atoms with Gasteiger partial charge in [-0.05, 0) is 36.0 Å². The first-order chi connectivity index (χ1) is 7.09. The summed E-state index contributed by atoms with van der Waals surface area (Å²) < 4.78 is 11.2. The van der Waals surface area contributed by atoms with Gasteiger partial charge in [0.05, 0.1) is 13.2 Å². The molecule has 0 aromatic heterocycles. The molecule has 1 spiro atoms. The molecule has 1 heterocycles. The number of fused-ring (bicyclic) bond motifs is 2. The van der Waals surface area contributed by atoms with Gasteiger partial charge < -0.3 is 9.47 Å². The van der Waals surface area contributed by atoms with Crippen LogP contribution in [-0.4, -0.2) is 20.0 Å². The van der Waals surface area contributed by atoms with E-state index in [1.54, 1.807) is 0 Å². The lowest BCUT2D eigenvalue weighted by molar-refractivity contribution is -0.196. The molecule has 2 nitrogen and oxygen atoms in total. The molecule has 1 saturated heterocycles. The van der Waals surface area contributed by atoms with Gasteiger partial charge in [0.2, 0.25) is 0 Å². The van der Waals surface area contributed by atoms with E-state index < -0.39 is 0 Å². The summed E-state index contributed by atoms with van der Waals surface area (Å²) in [6.45, 7) is 9.61. The van der Waals surface area contributed by atoms with Crippen molar-refractivity contribution >= 4 is 0 Å². The van der Waals surface area contributed by atoms with Crippen molar-refractivity contribution in [2.24, 2.45) is 28.6 Å². The molecule has 15 heavy (non-hydrogen) atoms. The van der Waals surface area contributed by atoms with Crippen molar-refractivity contribution in [1.29, 1.82) is 0 Å². The van der Waals surface area contributed by atoms with Crippen molar-refractivity contribution in [2.45, 2.75) is 33.6 Å². The summed E-state index contributed by atoms with van der Waals surface area (Å²) in [5.74, 6) is 2.54. The minimum absolute atomic E-state index is 0.338. The molecule has 2 aliphatic carbocycles. The topological polar surface area (TPSA) is 18.5 Å². The highest BCUT2D eigenvalue weighted by Crippen LogP contribution is 2.72. The van der Waals surface area contributed by atoms with E-state index in [1.165, 1.54) is 12.8 Å². The summed E-state index contributed by atoms with van der Waals surface area (Å²) in [4.78, 5) is 0. The normalized spacial score (nSPS) is 46.2. The Morgan fingerprint density at radius 2 is 1.73 bits per heavy atom. The predicted molar refractivity (Wildman–Crippen MR) is 58.4 cm³/mol. The lowest BCUT2D eigenvalue weighted by Crippen LogP contribution is -2.47. The molecule has 0 aromatic carbocycles. The van der Waals surface area contributed by atoms with E-state index in [4.69, 9.17) is 9.47 Å². The van der Waals surface area contributed by atoms with Gasteiger partial charge in [0, 0.05) is 5.41 Å². The molecule has 3 unspecified atom stereocenters. The van der Waals surface area contributed by atoms with Crippen molar-refractivity contribution < 1.29 is 9.47 Å². The number of hydrogen-bond acceptors (Lipinski definition) is 2. The van der Waals surface area contributed by atoms with Crippen LogP contribution in [0.1, 0.15) is 33.6 Å². The van der Waals surface area contributed by atoms with Crippen molar-refractivity contribution in [1.82, 2.24) is 0 Å². The average molecular weight is 210 g/mol. The van der Waals surface area contributed by atoms with Gasteiger partial charge in [0.15, 0.2) is 0 Å². The summed E-state index contributed by atoms with van der Waals surface area (Å²) in [7, 11) is 0. The summed E-state index contributed by atoms with van der Waals surface area (Å²) in [5, 5.41) is 0. The third kappa shape index (κ3) is 1.18. The maximum absolute atomic E-state index is 5.60. The molecule has 0 bridgehead atoms. The van der Waals surface area contributed by atoms with Crippen LogP contribution in [0.4, 0.5) is 0 Å². The van der Waals surface area contributed by atoms with E-state index in [9.17, 15) is 0 Å². The van der Waals surface area contributed by atoms with E-state index >= 15 is 0 Å². The van der Waals surface area contributed by atoms with Crippen LogP contribution in [0.2, 0.25) is 0 Å². The lowest BCUT2D eigenvalue weighted by Gasteiger charge is -2.45. The zero-order valence-electron chi connectivity index (χ0n) is 10.1. The number of hydrogen-bond donors (Lipinski definition) is 0. The fraction of sp³-hybridized carbons (Fsp3) is 1.00. The zero-order chi connectivity index (χ0) is 10.7. The molecule has 3 rings (SSSR count). The van der Waals surface area contributed by atoms with Gasteiger partial charge in [-0.1, -0.05) is 20.8 Å². The Labute approximate surface area is 92.3 Å². The second-order valence-electron chi connectivity index (χ2n) is 6.43. The molecule has 3 atom stereocenters. The molecule has 0 radical (unpaired) electrons. The van der Waals surface area contributed by atoms with Gasteiger partial charge in [-0.2, -0.15) is 0 Å². The molecule has 2 heteroatoms. The fourth-order valence-corrected chi connectivity index (χ4v) is 4.48. The predicted octanol–water partition coefficient (Wildman–Crippen LogP) is 2.68. The van der Waals surface area contributed by atoms with E-state index in [0.29, 0.717) is 17.6 Å². The minimum Gasteiger partial charge on any atom is -0.355 e. The molecule has 3 aliphatic rings. The van der Waals surface area contributed by atoms with Crippen LogP contribution in [-0.2, 0) is 9.47 Å². The van der Waals surface area contributed by atoms with Crippen LogP contribution in [0, 0.1) is 28.6 Å². The molecule has 0 N–H and O–H groups in total. The van der Waals surface area contributed by atoms with Crippen molar-refractivity contribution in [3.8, 4) is 0 Å². The molecule has 0 aromatic rings. The average Bonchev–Trinajstić information content (AvgIpc) is 2.78. The van der Waals surface area contributed by atoms with Gasteiger partial charge >= 0.3 is 0 Å². The van der Waals surface area contributed by atoms with Crippen molar-refractivity contribution in [2.75, 3.05) is 20.0 Å². The Morgan fingerprint density at radius 3 is 2.40 bits per heavy atom. The summed E-state index contributed by atoms with van der Waals surface area (Å²) in [6.07, 6.45) is 2.78. The monoisotopic (exact) mass is 210 g/mol. The lowest BCUT2D eigenvalue weighted by atomic mass is 9.66. The molecule has 86 valence electrons. The Bertz CT molecular complexity index is 266. The Balaban J connectivity index is 1.90. The van der Waals surface area contributed by atoms with Gasteiger partial charge in [-0.3, -0.25) is 0 Å². The van der Waals surface area contributed by atoms with Gasteiger partial charge in [-0.15, -0.1) is 0 Å². The molecule has 2 saturated carbocycles. The Hall–Kier alpha value is -0.0800. The van der Waals surface area contributed by atoms with E-state index in [1.807, 2.05) is 0 Å². The quantitative estimate of drug-likeness (QED) is 0.612. The first kappa shape index (κ1) is 10.1. The maximum atomic E-state index is 5.60. The smallest absolute Gasteiger partial charge is 0.146 e. The number of ether oxygens (including phenoxy) is 2. The minimum atomic E-state index is 0.338. The molecule has 3 fully saturated rings. The zero-order valence-corrected chi connectivity index (χ0v) is 10.1. The van der Waals surface area contributed by atoms with Crippen molar-refractivity contribution in [3.63, 3.8) is 0 Å². The van der Waals surface area contributed by atoms with Crippen LogP contribution in [0.5, 0.6) is 0 Å². The third-order valence-electron chi connectivity index (χ3n) is 5.47. The SMILES string of the molecule is CC1CCC2C(C2(C)C)C12COCOC2. The maximum Gasteiger partial charge on any atom is 0.146 e. The van der Waals surface area contributed by atoms with Crippen LogP contribution in [0.25, 0.3) is 0 Å². The highest BCUT2D eigenvalue weighted by Gasteiger charge is 2.69. The third-order valence-corrected chi connectivity index (χ3v) is 5.47. The molecular weight excluding hydrogens is 188 g/mol. The summed E-state index contributed by atoms with van der Waals surface area (Å²) in [5.41, 5.74) is 0.874. The highest BCUT2D eigenvalue weighted by atomic mass is 16.7. The van der Waals surface area contributed by atoms with Crippen LogP contribution in [0.15, 0.2) is 0 Å². The molecular formula is C13H22O2. The summed E-state index contributed by atoms with van der Waals surface area (Å²) in [6, 6.07) is 0.